The Hall–Kier alpha value is -2.41. The van der Waals surface area contributed by atoms with Crippen LogP contribution in [0.1, 0.15) is 36.9 Å². The second kappa shape index (κ2) is 7.00. The number of carbonyl (C=O) groups is 1. The lowest BCUT2D eigenvalue weighted by atomic mass is 9.87. The Bertz CT molecular complexity index is 710. The Morgan fingerprint density at radius 2 is 2.25 bits per heavy atom. The molecule has 2 aromatic rings. The number of rotatable bonds is 5. The van der Waals surface area contributed by atoms with Gasteiger partial charge in [-0.05, 0) is 44.7 Å². The third kappa shape index (κ3) is 3.41. The molecule has 0 aromatic carbocycles. The maximum atomic E-state index is 11.1. The maximum Gasteiger partial charge on any atom is 0.306 e. The first-order chi connectivity index (χ1) is 11.6. The van der Waals surface area contributed by atoms with Gasteiger partial charge in [0.25, 0.3) is 0 Å². The van der Waals surface area contributed by atoms with Crippen molar-refractivity contribution in [3.63, 3.8) is 0 Å². The molecule has 24 heavy (non-hydrogen) atoms. The summed E-state index contributed by atoms with van der Waals surface area (Å²) in [6, 6.07) is 3.51. The van der Waals surface area contributed by atoms with E-state index in [0.29, 0.717) is 41.3 Å². The zero-order valence-electron chi connectivity index (χ0n) is 13.4. The summed E-state index contributed by atoms with van der Waals surface area (Å²) in [5.74, 6) is -0.0454. The van der Waals surface area contributed by atoms with Crippen LogP contribution < -0.4 is 4.74 Å². The Balaban J connectivity index is 1.69. The van der Waals surface area contributed by atoms with Gasteiger partial charge in [-0.25, -0.2) is 4.98 Å². The van der Waals surface area contributed by atoms with Gasteiger partial charge in [-0.1, -0.05) is 5.16 Å². The first kappa shape index (κ1) is 16.4. The molecule has 0 radical (unpaired) electrons. The molecular formula is C17H20N2O5. The Labute approximate surface area is 139 Å². The maximum absolute atomic E-state index is 11.1. The largest absolute Gasteiger partial charge is 0.489 e. The predicted molar refractivity (Wildman–Crippen MR) is 84.4 cm³/mol. The summed E-state index contributed by atoms with van der Waals surface area (Å²) in [6.07, 6.45) is 4.41. The van der Waals surface area contributed by atoms with Crippen LogP contribution in [-0.2, 0) is 11.4 Å². The summed E-state index contributed by atoms with van der Waals surface area (Å²) in [6.45, 7) is 1.60. The van der Waals surface area contributed by atoms with Crippen molar-refractivity contribution >= 4 is 5.97 Å². The second-order valence-electron chi connectivity index (χ2n) is 6.05. The van der Waals surface area contributed by atoms with Crippen LogP contribution in [0.25, 0.3) is 11.5 Å². The van der Waals surface area contributed by atoms with Crippen LogP contribution in [0.4, 0.5) is 0 Å². The zero-order valence-corrected chi connectivity index (χ0v) is 13.4. The number of carboxylic acid groups (broad SMARTS) is 1. The van der Waals surface area contributed by atoms with Gasteiger partial charge < -0.3 is 19.5 Å². The van der Waals surface area contributed by atoms with Crippen molar-refractivity contribution in [2.24, 2.45) is 5.92 Å². The zero-order chi connectivity index (χ0) is 17.1. The molecule has 128 valence electrons. The van der Waals surface area contributed by atoms with Gasteiger partial charge in [0.15, 0.2) is 5.76 Å². The summed E-state index contributed by atoms with van der Waals surface area (Å²) in [4.78, 5) is 15.4. The fourth-order valence-electron chi connectivity index (χ4n) is 3.03. The molecule has 1 fully saturated rings. The average Bonchev–Trinajstić information content (AvgIpc) is 2.96. The van der Waals surface area contributed by atoms with E-state index in [-0.39, 0.29) is 18.6 Å². The summed E-state index contributed by atoms with van der Waals surface area (Å²) in [5.41, 5.74) is 1.82. The van der Waals surface area contributed by atoms with Crippen molar-refractivity contribution in [2.75, 3.05) is 0 Å². The number of hydrogen-bond acceptors (Lipinski definition) is 6. The van der Waals surface area contributed by atoms with Gasteiger partial charge >= 0.3 is 5.97 Å². The van der Waals surface area contributed by atoms with Crippen LogP contribution in [0.3, 0.4) is 0 Å². The molecule has 7 heteroatoms. The number of hydrogen-bond donors (Lipinski definition) is 2. The fraction of sp³-hybridized carbons (Fsp3) is 0.471. The molecule has 0 saturated heterocycles. The average molecular weight is 332 g/mol. The molecule has 1 aliphatic rings. The molecule has 1 saturated carbocycles. The van der Waals surface area contributed by atoms with E-state index >= 15 is 0 Å². The van der Waals surface area contributed by atoms with E-state index in [0.717, 1.165) is 12.8 Å². The molecule has 1 unspecified atom stereocenters. The van der Waals surface area contributed by atoms with E-state index < -0.39 is 5.97 Å². The number of nitrogens with zero attached hydrogens (tertiary/aromatic N) is 2. The number of aliphatic hydroxyl groups excluding tert-OH is 1. The van der Waals surface area contributed by atoms with Crippen LogP contribution >= 0.6 is 0 Å². The quantitative estimate of drug-likeness (QED) is 0.866. The molecular weight excluding hydrogens is 312 g/mol. The number of carboxylic acids is 1. The van der Waals surface area contributed by atoms with Crippen LogP contribution in [0, 0.1) is 12.8 Å². The predicted octanol–water partition coefficient (Wildman–Crippen LogP) is 2.56. The molecule has 2 atom stereocenters. The van der Waals surface area contributed by atoms with Crippen molar-refractivity contribution in [3.05, 3.63) is 29.6 Å². The van der Waals surface area contributed by atoms with Gasteiger partial charge in [0.05, 0.1) is 30.5 Å². The minimum absolute atomic E-state index is 0.104. The fourth-order valence-corrected chi connectivity index (χ4v) is 3.03. The molecule has 0 spiro atoms. The minimum Gasteiger partial charge on any atom is -0.489 e. The molecule has 1 aliphatic carbocycles. The van der Waals surface area contributed by atoms with Crippen molar-refractivity contribution in [3.8, 4) is 17.2 Å². The molecule has 3 rings (SSSR count). The van der Waals surface area contributed by atoms with Gasteiger partial charge in [0.2, 0.25) is 0 Å². The monoisotopic (exact) mass is 332 g/mol. The van der Waals surface area contributed by atoms with Crippen molar-refractivity contribution in [1.29, 1.82) is 0 Å². The van der Waals surface area contributed by atoms with Gasteiger partial charge in [0, 0.05) is 5.56 Å². The molecule has 0 bridgehead atoms. The molecule has 0 aliphatic heterocycles. The highest BCUT2D eigenvalue weighted by Gasteiger charge is 2.28. The highest BCUT2D eigenvalue weighted by atomic mass is 16.5. The van der Waals surface area contributed by atoms with Gasteiger partial charge in [-0.3, -0.25) is 4.79 Å². The summed E-state index contributed by atoms with van der Waals surface area (Å²) in [7, 11) is 0. The van der Waals surface area contributed by atoms with Crippen molar-refractivity contribution in [1.82, 2.24) is 10.1 Å². The molecule has 2 N–H and O–H groups in total. The molecule has 0 amide bonds. The van der Waals surface area contributed by atoms with Crippen molar-refractivity contribution in [2.45, 2.75) is 45.3 Å². The summed E-state index contributed by atoms with van der Waals surface area (Å²) >= 11 is 0. The number of aromatic nitrogens is 2. The number of ether oxygens (including phenoxy) is 1. The van der Waals surface area contributed by atoms with E-state index in [1.165, 1.54) is 0 Å². The smallest absolute Gasteiger partial charge is 0.306 e. The number of aliphatic carboxylic acids is 1. The third-order valence-electron chi connectivity index (χ3n) is 4.39. The van der Waals surface area contributed by atoms with E-state index in [1.807, 2.05) is 0 Å². The summed E-state index contributed by atoms with van der Waals surface area (Å²) in [5, 5.41) is 22.4. The third-order valence-corrected chi connectivity index (χ3v) is 4.39. The van der Waals surface area contributed by atoms with E-state index in [2.05, 4.69) is 10.1 Å². The van der Waals surface area contributed by atoms with Crippen LogP contribution in [0.2, 0.25) is 0 Å². The Kier molecular flexibility index (Phi) is 4.80. The lowest BCUT2D eigenvalue weighted by molar-refractivity contribution is -0.143. The minimum atomic E-state index is -0.756. The number of pyridine rings is 1. The lowest BCUT2D eigenvalue weighted by Gasteiger charge is -2.27. The second-order valence-corrected chi connectivity index (χ2v) is 6.05. The topological polar surface area (TPSA) is 106 Å². The van der Waals surface area contributed by atoms with Crippen LogP contribution in [0.15, 0.2) is 22.9 Å². The molecule has 2 aromatic heterocycles. The molecule has 2 heterocycles. The van der Waals surface area contributed by atoms with E-state index in [1.54, 1.807) is 25.3 Å². The highest BCUT2D eigenvalue weighted by Crippen LogP contribution is 2.29. The standard InChI is InChI=1S/C17H20N2O5/c1-10-14(9-20)16(24-19-10)15-6-5-13(8-18-15)23-12-4-2-3-11(7-12)17(21)22/h5-6,8,11-12,20H,2-4,7,9H2,1H3,(H,21,22)/t11-,12?/m0/s1. The van der Waals surface area contributed by atoms with Crippen LogP contribution in [0.5, 0.6) is 5.75 Å². The molecule has 7 nitrogen and oxygen atoms in total. The number of aryl methyl sites for hydroxylation is 1. The summed E-state index contributed by atoms with van der Waals surface area (Å²) < 4.78 is 11.1. The van der Waals surface area contributed by atoms with E-state index in [4.69, 9.17) is 14.4 Å². The first-order valence-corrected chi connectivity index (χ1v) is 8.00. The number of aliphatic hydroxyl groups is 1. The van der Waals surface area contributed by atoms with Crippen molar-refractivity contribution < 1.29 is 24.3 Å². The van der Waals surface area contributed by atoms with E-state index in [9.17, 15) is 9.90 Å². The highest BCUT2D eigenvalue weighted by molar-refractivity contribution is 5.70. The first-order valence-electron chi connectivity index (χ1n) is 8.00. The van der Waals surface area contributed by atoms with Gasteiger partial charge in [-0.15, -0.1) is 0 Å². The lowest BCUT2D eigenvalue weighted by Crippen LogP contribution is -2.29. The normalized spacial score (nSPS) is 20.8. The van der Waals surface area contributed by atoms with Gasteiger partial charge in [0.1, 0.15) is 11.4 Å². The van der Waals surface area contributed by atoms with Gasteiger partial charge in [-0.2, -0.15) is 0 Å². The van der Waals surface area contributed by atoms with Crippen LogP contribution in [-0.4, -0.2) is 32.4 Å². The Morgan fingerprint density at radius 3 is 2.92 bits per heavy atom. The Morgan fingerprint density at radius 1 is 1.42 bits per heavy atom. The SMILES string of the molecule is Cc1noc(-c2ccc(OC3CCC[C@H](C(=O)O)C3)cn2)c1CO.